The van der Waals surface area contributed by atoms with Crippen LogP contribution in [0.5, 0.6) is 5.75 Å². The SMILES string of the molecule is CCOc1ccc(C(=O)NNC(=O)CCc2nc3ccccc3s2)cc1. The highest BCUT2D eigenvalue weighted by atomic mass is 32.1. The van der Waals surface area contributed by atoms with E-state index in [2.05, 4.69) is 15.8 Å². The van der Waals surface area contributed by atoms with Crippen LogP contribution in [-0.4, -0.2) is 23.4 Å². The minimum atomic E-state index is -0.374. The van der Waals surface area contributed by atoms with E-state index in [0.717, 1.165) is 15.2 Å². The van der Waals surface area contributed by atoms with Crippen LogP contribution in [-0.2, 0) is 11.2 Å². The Labute approximate surface area is 155 Å². The van der Waals surface area contributed by atoms with Gasteiger partial charge in [0, 0.05) is 18.4 Å². The van der Waals surface area contributed by atoms with Crippen molar-refractivity contribution in [3.8, 4) is 5.75 Å². The highest BCUT2D eigenvalue weighted by Crippen LogP contribution is 2.22. The Hall–Kier alpha value is -2.93. The minimum absolute atomic E-state index is 0.253. The summed E-state index contributed by atoms with van der Waals surface area (Å²) in [6.45, 7) is 2.46. The van der Waals surface area contributed by atoms with E-state index >= 15 is 0 Å². The van der Waals surface area contributed by atoms with E-state index in [1.165, 1.54) is 0 Å². The number of carbonyl (C=O) groups is 2. The molecule has 0 unspecified atom stereocenters. The van der Waals surface area contributed by atoms with Crippen LogP contribution in [0.25, 0.3) is 10.2 Å². The Bertz CT molecular complexity index is 873. The van der Waals surface area contributed by atoms with Crippen molar-refractivity contribution in [1.29, 1.82) is 0 Å². The molecule has 1 aromatic heterocycles. The molecule has 0 atom stereocenters. The molecule has 7 heteroatoms. The monoisotopic (exact) mass is 369 g/mol. The third-order valence-corrected chi connectivity index (χ3v) is 4.74. The third kappa shape index (κ3) is 4.58. The second-order valence-corrected chi connectivity index (χ2v) is 6.65. The number of nitrogens with zero attached hydrogens (tertiary/aromatic N) is 1. The van der Waals surface area contributed by atoms with Gasteiger partial charge in [0.05, 0.1) is 21.8 Å². The Balaban J connectivity index is 1.46. The number of aryl methyl sites for hydroxylation is 1. The fraction of sp³-hybridized carbons (Fsp3) is 0.211. The maximum atomic E-state index is 12.0. The van der Waals surface area contributed by atoms with Crippen molar-refractivity contribution in [2.75, 3.05) is 6.61 Å². The van der Waals surface area contributed by atoms with E-state index in [1.807, 2.05) is 31.2 Å². The van der Waals surface area contributed by atoms with Crippen LogP contribution < -0.4 is 15.6 Å². The summed E-state index contributed by atoms with van der Waals surface area (Å²) in [6, 6.07) is 14.6. The molecule has 0 aliphatic carbocycles. The van der Waals surface area contributed by atoms with Gasteiger partial charge in [-0.3, -0.25) is 20.4 Å². The number of benzene rings is 2. The summed E-state index contributed by atoms with van der Waals surface area (Å²) >= 11 is 1.58. The van der Waals surface area contributed by atoms with Gasteiger partial charge in [0.1, 0.15) is 5.75 Å². The first kappa shape index (κ1) is 17.9. The lowest BCUT2D eigenvalue weighted by Gasteiger charge is -2.08. The highest BCUT2D eigenvalue weighted by molar-refractivity contribution is 7.18. The predicted molar refractivity (Wildman–Crippen MR) is 101 cm³/mol. The van der Waals surface area contributed by atoms with Crippen molar-refractivity contribution in [2.24, 2.45) is 0 Å². The van der Waals surface area contributed by atoms with E-state index in [1.54, 1.807) is 35.6 Å². The minimum Gasteiger partial charge on any atom is -0.494 e. The Morgan fingerprint density at radius 1 is 1.08 bits per heavy atom. The summed E-state index contributed by atoms with van der Waals surface area (Å²) in [6.07, 6.45) is 0.785. The Morgan fingerprint density at radius 2 is 1.85 bits per heavy atom. The van der Waals surface area contributed by atoms with Crippen LogP contribution in [0.4, 0.5) is 0 Å². The number of para-hydroxylation sites is 1. The van der Waals surface area contributed by atoms with Crippen molar-refractivity contribution < 1.29 is 14.3 Å². The number of ether oxygens (including phenoxy) is 1. The first-order chi connectivity index (χ1) is 12.7. The zero-order valence-electron chi connectivity index (χ0n) is 14.3. The Morgan fingerprint density at radius 3 is 2.58 bits per heavy atom. The van der Waals surface area contributed by atoms with Crippen LogP contribution in [0.2, 0.25) is 0 Å². The van der Waals surface area contributed by atoms with Crippen molar-refractivity contribution in [3.05, 3.63) is 59.1 Å². The normalized spacial score (nSPS) is 10.5. The zero-order chi connectivity index (χ0) is 18.4. The van der Waals surface area contributed by atoms with Gasteiger partial charge >= 0.3 is 0 Å². The fourth-order valence-electron chi connectivity index (χ4n) is 2.38. The number of hydrogen-bond acceptors (Lipinski definition) is 5. The number of hydrogen-bond donors (Lipinski definition) is 2. The number of hydrazine groups is 1. The molecule has 2 N–H and O–H groups in total. The lowest BCUT2D eigenvalue weighted by Crippen LogP contribution is -2.41. The van der Waals surface area contributed by atoms with E-state index in [4.69, 9.17) is 4.74 Å². The lowest BCUT2D eigenvalue weighted by atomic mass is 10.2. The third-order valence-electron chi connectivity index (χ3n) is 3.65. The topological polar surface area (TPSA) is 80.3 Å². The molecule has 6 nitrogen and oxygen atoms in total. The van der Waals surface area contributed by atoms with Gasteiger partial charge in [0.15, 0.2) is 0 Å². The number of fused-ring (bicyclic) bond motifs is 1. The number of aromatic nitrogens is 1. The van der Waals surface area contributed by atoms with Gasteiger partial charge in [0.25, 0.3) is 5.91 Å². The molecule has 0 aliphatic rings. The van der Waals surface area contributed by atoms with E-state index in [9.17, 15) is 9.59 Å². The molecule has 0 aliphatic heterocycles. The molecule has 0 saturated carbocycles. The van der Waals surface area contributed by atoms with Gasteiger partial charge in [0.2, 0.25) is 5.91 Å². The van der Waals surface area contributed by atoms with E-state index in [-0.39, 0.29) is 18.2 Å². The van der Waals surface area contributed by atoms with Crippen molar-refractivity contribution in [3.63, 3.8) is 0 Å². The number of carbonyl (C=O) groups excluding carboxylic acids is 2. The maximum absolute atomic E-state index is 12.0. The van der Waals surface area contributed by atoms with Gasteiger partial charge < -0.3 is 4.74 Å². The molecule has 1 heterocycles. The average Bonchev–Trinajstić information content (AvgIpc) is 3.08. The van der Waals surface area contributed by atoms with E-state index < -0.39 is 0 Å². The molecular weight excluding hydrogens is 350 g/mol. The van der Waals surface area contributed by atoms with Gasteiger partial charge in [-0.15, -0.1) is 11.3 Å². The predicted octanol–water partition coefficient (Wildman–Crippen LogP) is 3.09. The van der Waals surface area contributed by atoms with Gasteiger partial charge in [-0.1, -0.05) is 12.1 Å². The lowest BCUT2D eigenvalue weighted by molar-refractivity contribution is -0.121. The molecular formula is C19H19N3O3S. The van der Waals surface area contributed by atoms with Gasteiger partial charge in [-0.2, -0.15) is 0 Å². The van der Waals surface area contributed by atoms with Gasteiger partial charge in [-0.05, 0) is 43.3 Å². The second-order valence-electron chi connectivity index (χ2n) is 5.54. The van der Waals surface area contributed by atoms with Crippen LogP contribution in [0.15, 0.2) is 48.5 Å². The van der Waals surface area contributed by atoms with Crippen molar-refractivity contribution in [1.82, 2.24) is 15.8 Å². The largest absolute Gasteiger partial charge is 0.494 e. The van der Waals surface area contributed by atoms with Crippen LogP contribution >= 0.6 is 11.3 Å². The summed E-state index contributed by atoms with van der Waals surface area (Å²) in [4.78, 5) is 28.5. The standard InChI is InChI=1S/C19H19N3O3S/c1-2-25-14-9-7-13(8-10-14)19(24)22-21-17(23)11-12-18-20-15-5-3-4-6-16(15)26-18/h3-10H,2,11-12H2,1H3,(H,21,23)(H,22,24). The van der Waals surface area contributed by atoms with Gasteiger partial charge in [-0.25, -0.2) is 4.98 Å². The van der Waals surface area contributed by atoms with Crippen LogP contribution in [0.1, 0.15) is 28.7 Å². The summed E-state index contributed by atoms with van der Waals surface area (Å²) in [5.41, 5.74) is 6.23. The van der Waals surface area contributed by atoms with Crippen molar-refractivity contribution in [2.45, 2.75) is 19.8 Å². The summed E-state index contributed by atoms with van der Waals surface area (Å²) in [7, 11) is 0. The van der Waals surface area contributed by atoms with Crippen molar-refractivity contribution >= 4 is 33.4 Å². The summed E-state index contributed by atoms with van der Waals surface area (Å²) < 4.78 is 6.43. The molecule has 3 aromatic rings. The second kappa shape index (κ2) is 8.44. The molecule has 134 valence electrons. The Kier molecular flexibility index (Phi) is 5.80. The number of rotatable bonds is 6. The molecule has 0 radical (unpaired) electrons. The molecule has 2 aromatic carbocycles. The van der Waals surface area contributed by atoms with Crippen LogP contribution in [0.3, 0.4) is 0 Å². The molecule has 0 fully saturated rings. The number of thiazole rings is 1. The average molecular weight is 369 g/mol. The number of amides is 2. The number of nitrogens with one attached hydrogen (secondary N) is 2. The first-order valence-electron chi connectivity index (χ1n) is 8.32. The first-order valence-corrected chi connectivity index (χ1v) is 9.14. The van der Waals surface area contributed by atoms with E-state index in [0.29, 0.717) is 24.3 Å². The smallest absolute Gasteiger partial charge is 0.269 e. The van der Waals surface area contributed by atoms with Crippen LogP contribution in [0, 0.1) is 0 Å². The highest BCUT2D eigenvalue weighted by Gasteiger charge is 2.09. The molecule has 2 amide bonds. The maximum Gasteiger partial charge on any atom is 0.269 e. The molecule has 3 rings (SSSR count). The summed E-state index contributed by atoms with van der Waals surface area (Å²) in [5.74, 6) is 0.0637. The molecule has 0 spiro atoms. The fourth-order valence-corrected chi connectivity index (χ4v) is 3.34. The molecule has 0 bridgehead atoms. The zero-order valence-corrected chi connectivity index (χ0v) is 15.1. The molecule has 26 heavy (non-hydrogen) atoms. The quantitative estimate of drug-likeness (QED) is 0.655. The molecule has 0 saturated heterocycles. The summed E-state index contributed by atoms with van der Waals surface area (Å²) in [5, 5.41) is 0.902.